The summed E-state index contributed by atoms with van der Waals surface area (Å²) in [5.41, 5.74) is 0. The lowest BCUT2D eigenvalue weighted by molar-refractivity contribution is 0.456. The molecule has 0 saturated heterocycles. The highest BCUT2D eigenvalue weighted by atomic mass is 79.9. The second-order valence-corrected chi connectivity index (χ2v) is 3.26. The maximum atomic E-state index is 8.71. The van der Waals surface area contributed by atoms with E-state index in [0.717, 1.165) is 11.5 Å². The Bertz CT molecular complexity index is 182. The standard InChI is InChI=1S/C3HBrClNOS/c4-1-2(5)8-6-3(1)7/h(H,6,7). The SMILES string of the molecule is Oc1nsc(Cl)c1Br. The van der Waals surface area contributed by atoms with Crippen LogP contribution < -0.4 is 0 Å². The number of nitrogens with zero attached hydrogens (tertiary/aromatic N) is 1. The van der Waals surface area contributed by atoms with Gasteiger partial charge >= 0.3 is 0 Å². The molecular weight excluding hydrogens is 213 g/mol. The highest BCUT2D eigenvalue weighted by Gasteiger charge is 2.05. The summed E-state index contributed by atoms with van der Waals surface area (Å²) in [7, 11) is 0. The van der Waals surface area contributed by atoms with E-state index in [-0.39, 0.29) is 5.88 Å². The highest BCUT2D eigenvalue weighted by molar-refractivity contribution is 9.10. The third-order valence-corrected chi connectivity index (χ3v) is 2.85. The third kappa shape index (κ3) is 0.962. The van der Waals surface area contributed by atoms with Gasteiger partial charge in [-0.1, -0.05) is 11.6 Å². The summed E-state index contributed by atoms with van der Waals surface area (Å²) < 4.78 is 4.48. The molecule has 0 unspecified atom stereocenters. The fourth-order valence-electron chi connectivity index (χ4n) is 0.251. The summed E-state index contributed by atoms with van der Waals surface area (Å²) in [6.07, 6.45) is 0. The van der Waals surface area contributed by atoms with Crippen molar-refractivity contribution in [2.45, 2.75) is 0 Å². The van der Waals surface area contributed by atoms with Crippen LogP contribution >= 0.6 is 39.1 Å². The van der Waals surface area contributed by atoms with Gasteiger partial charge in [0, 0.05) is 0 Å². The van der Waals surface area contributed by atoms with Gasteiger partial charge in [0.25, 0.3) is 0 Å². The van der Waals surface area contributed by atoms with E-state index in [4.69, 9.17) is 16.7 Å². The number of hydrogen-bond acceptors (Lipinski definition) is 3. The van der Waals surface area contributed by atoms with Crippen molar-refractivity contribution in [2.24, 2.45) is 0 Å². The Morgan fingerprint density at radius 2 is 2.38 bits per heavy atom. The molecule has 0 aromatic carbocycles. The fraction of sp³-hybridized carbons (Fsp3) is 0. The van der Waals surface area contributed by atoms with Crippen LogP contribution in [0.3, 0.4) is 0 Å². The molecule has 0 amide bonds. The molecule has 1 aromatic heterocycles. The molecule has 0 fully saturated rings. The summed E-state index contributed by atoms with van der Waals surface area (Å²) in [6.45, 7) is 0. The molecule has 1 N–H and O–H groups in total. The van der Waals surface area contributed by atoms with E-state index in [1.165, 1.54) is 0 Å². The zero-order valence-corrected chi connectivity index (χ0v) is 6.72. The van der Waals surface area contributed by atoms with E-state index in [1.54, 1.807) is 0 Å². The Morgan fingerprint density at radius 3 is 2.50 bits per heavy atom. The maximum Gasteiger partial charge on any atom is 0.238 e. The smallest absolute Gasteiger partial charge is 0.238 e. The minimum absolute atomic E-state index is 0.0417. The first-order chi connectivity index (χ1) is 3.72. The van der Waals surface area contributed by atoms with Gasteiger partial charge in [0.2, 0.25) is 5.88 Å². The van der Waals surface area contributed by atoms with Gasteiger partial charge in [0.05, 0.1) is 0 Å². The lowest BCUT2D eigenvalue weighted by atomic mass is 10.7. The van der Waals surface area contributed by atoms with Crippen molar-refractivity contribution >= 4 is 39.1 Å². The molecule has 0 atom stereocenters. The van der Waals surface area contributed by atoms with Gasteiger partial charge in [-0.05, 0) is 27.5 Å². The molecule has 5 heteroatoms. The number of aromatic hydroxyl groups is 1. The van der Waals surface area contributed by atoms with Crippen molar-refractivity contribution in [3.05, 3.63) is 8.81 Å². The van der Waals surface area contributed by atoms with Crippen LogP contribution in [0.2, 0.25) is 4.34 Å². The van der Waals surface area contributed by atoms with Gasteiger partial charge in [-0.25, -0.2) is 0 Å². The molecule has 0 bridgehead atoms. The molecule has 1 heterocycles. The zero-order chi connectivity index (χ0) is 6.15. The molecule has 44 valence electrons. The molecule has 0 aliphatic rings. The monoisotopic (exact) mass is 213 g/mol. The Morgan fingerprint density at radius 1 is 1.75 bits per heavy atom. The van der Waals surface area contributed by atoms with Crippen LogP contribution in [0.15, 0.2) is 4.47 Å². The summed E-state index contributed by atoms with van der Waals surface area (Å²) in [6, 6.07) is 0. The predicted molar refractivity (Wildman–Crippen MR) is 36.5 cm³/mol. The zero-order valence-electron chi connectivity index (χ0n) is 3.56. The van der Waals surface area contributed by atoms with Crippen LogP contribution in [-0.4, -0.2) is 9.48 Å². The minimum atomic E-state index is -0.0417. The van der Waals surface area contributed by atoms with Crippen molar-refractivity contribution < 1.29 is 5.11 Å². The fourth-order valence-corrected chi connectivity index (χ4v) is 1.29. The summed E-state index contributed by atoms with van der Waals surface area (Å²) in [4.78, 5) is 0. The van der Waals surface area contributed by atoms with E-state index in [2.05, 4.69) is 20.3 Å². The van der Waals surface area contributed by atoms with Crippen molar-refractivity contribution in [2.75, 3.05) is 0 Å². The molecule has 2 nitrogen and oxygen atoms in total. The first-order valence-electron chi connectivity index (χ1n) is 1.71. The van der Waals surface area contributed by atoms with Crippen molar-refractivity contribution in [1.29, 1.82) is 0 Å². The van der Waals surface area contributed by atoms with E-state index >= 15 is 0 Å². The van der Waals surface area contributed by atoms with Crippen LogP contribution in [0.1, 0.15) is 0 Å². The number of rotatable bonds is 0. The molecule has 8 heavy (non-hydrogen) atoms. The molecule has 1 aromatic rings. The summed E-state index contributed by atoms with van der Waals surface area (Å²) >= 11 is 9.54. The van der Waals surface area contributed by atoms with Gasteiger partial charge in [-0.2, -0.15) is 4.37 Å². The average molecular weight is 214 g/mol. The van der Waals surface area contributed by atoms with E-state index in [0.29, 0.717) is 8.81 Å². The van der Waals surface area contributed by atoms with Crippen LogP contribution in [0.4, 0.5) is 0 Å². The quantitative estimate of drug-likeness (QED) is 0.719. The number of aromatic nitrogens is 1. The molecule has 0 saturated carbocycles. The van der Waals surface area contributed by atoms with Gasteiger partial charge in [-0.3, -0.25) is 0 Å². The third-order valence-electron chi connectivity index (χ3n) is 0.581. The van der Waals surface area contributed by atoms with Gasteiger partial charge in [0.1, 0.15) is 8.81 Å². The van der Waals surface area contributed by atoms with Gasteiger partial charge in [-0.15, -0.1) is 0 Å². The number of hydrogen-bond donors (Lipinski definition) is 1. The van der Waals surface area contributed by atoms with Gasteiger partial charge < -0.3 is 5.11 Å². The van der Waals surface area contributed by atoms with Crippen molar-refractivity contribution in [3.8, 4) is 5.88 Å². The highest BCUT2D eigenvalue weighted by Crippen LogP contribution is 2.33. The number of halogens is 2. The second kappa shape index (κ2) is 2.21. The summed E-state index contributed by atoms with van der Waals surface area (Å²) in [5, 5.41) is 8.71. The minimum Gasteiger partial charge on any atom is -0.492 e. The van der Waals surface area contributed by atoms with Crippen molar-refractivity contribution in [1.82, 2.24) is 4.37 Å². The predicted octanol–water partition coefficient (Wildman–Crippen LogP) is 2.26. The Hall–Kier alpha value is 0.200. The van der Waals surface area contributed by atoms with E-state index in [9.17, 15) is 0 Å². The van der Waals surface area contributed by atoms with Crippen LogP contribution in [-0.2, 0) is 0 Å². The summed E-state index contributed by atoms with van der Waals surface area (Å²) in [5.74, 6) is -0.0417. The normalized spacial score (nSPS) is 9.75. The Labute approximate surface area is 63.4 Å². The first kappa shape index (κ1) is 6.32. The molecular formula is C3HBrClNOS. The van der Waals surface area contributed by atoms with Crippen LogP contribution in [0, 0.1) is 0 Å². The van der Waals surface area contributed by atoms with Crippen LogP contribution in [0.25, 0.3) is 0 Å². The average Bonchev–Trinajstić information content (AvgIpc) is 1.98. The molecule has 0 radical (unpaired) electrons. The van der Waals surface area contributed by atoms with Gasteiger partial charge in [0.15, 0.2) is 0 Å². The maximum absolute atomic E-state index is 8.71. The van der Waals surface area contributed by atoms with E-state index < -0.39 is 0 Å². The van der Waals surface area contributed by atoms with E-state index in [1.807, 2.05) is 0 Å². The Kier molecular flexibility index (Phi) is 1.74. The first-order valence-corrected chi connectivity index (χ1v) is 3.66. The molecule has 0 aliphatic carbocycles. The lowest BCUT2D eigenvalue weighted by Gasteiger charge is -1.78. The Balaban J connectivity index is 3.19. The molecule has 0 aliphatic heterocycles. The lowest BCUT2D eigenvalue weighted by Crippen LogP contribution is -1.56. The second-order valence-electron chi connectivity index (χ2n) is 1.09. The molecule has 0 spiro atoms. The van der Waals surface area contributed by atoms with Crippen molar-refractivity contribution in [3.63, 3.8) is 0 Å². The largest absolute Gasteiger partial charge is 0.492 e. The topological polar surface area (TPSA) is 33.1 Å². The molecule has 1 rings (SSSR count). The van der Waals surface area contributed by atoms with Crippen LogP contribution in [0.5, 0.6) is 5.88 Å².